The third-order valence-electron chi connectivity index (χ3n) is 5.36. The van der Waals surface area contributed by atoms with Gasteiger partial charge in [-0.2, -0.15) is 0 Å². The Bertz CT molecular complexity index is 652. The molecule has 0 bridgehead atoms. The molecule has 150 valence electrons. The number of amides is 2. The molecule has 5 nitrogen and oxygen atoms in total. The van der Waals surface area contributed by atoms with Gasteiger partial charge in [0.2, 0.25) is 5.91 Å². The highest BCUT2D eigenvalue weighted by atomic mass is 128. The van der Waals surface area contributed by atoms with E-state index in [1.54, 1.807) is 4.90 Å². The molecule has 0 unspecified atom stereocenters. The van der Waals surface area contributed by atoms with Gasteiger partial charge in [-0.05, 0) is 61.4 Å². The van der Waals surface area contributed by atoms with Gasteiger partial charge in [0.1, 0.15) is 6.10 Å². The number of nitrogens with zero attached hydrogens (tertiary/aromatic N) is 1. The quantitative estimate of drug-likeness (QED) is 0.461. The highest BCUT2D eigenvalue weighted by Gasteiger charge is 2.33. The summed E-state index contributed by atoms with van der Waals surface area (Å²) in [6.45, 7) is 6.59. The first-order chi connectivity index (χ1) is 13.0. The SMILES string of the molecule is CC(=O)NC[C@H]1CN(c2cc(C)c(C3CCCCC3)c(C)c2)C(=O)O1.II. The van der Waals surface area contributed by atoms with Gasteiger partial charge in [0.15, 0.2) is 0 Å². The Morgan fingerprint density at radius 2 is 1.78 bits per heavy atom. The van der Waals surface area contributed by atoms with Gasteiger partial charge in [-0.1, -0.05) is 19.3 Å². The number of hydrogen-bond acceptors (Lipinski definition) is 3. The van der Waals surface area contributed by atoms with Crippen molar-refractivity contribution < 1.29 is 14.3 Å². The monoisotopic (exact) mass is 598 g/mol. The molecule has 2 aliphatic rings. The standard InChI is InChI=1S/C20H28N2O3.I2/c1-13-9-17(10-14(2)19(13)16-7-5-4-6-8-16)22-12-18(25-20(22)24)11-21-15(3)23;1-2/h9-10,16,18H,4-8,11-12H2,1-3H3,(H,21,23);/t18-;/m0./s1. The first kappa shape index (κ1) is 22.7. The Morgan fingerprint density at radius 3 is 2.33 bits per heavy atom. The zero-order chi connectivity index (χ0) is 20.0. The van der Waals surface area contributed by atoms with Gasteiger partial charge >= 0.3 is 6.09 Å². The molecule has 1 aromatic rings. The van der Waals surface area contributed by atoms with Gasteiger partial charge in [0, 0.05) is 49.8 Å². The Hall–Kier alpha value is -0.580. The molecule has 1 saturated heterocycles. The topological polar surface area (TPSA) is 58.6 Å². The Morgan fingerprint density at radius 1 is 1.19 bits per heavy atom. The summed E-state index contributed by atoms with van der Waals surface area (Å²) in [7, 11) is 0. The van der Waals surface area contributed by atoms with Crippen LogP contribution in [-0.4, -0.2) is 31.2 Å². The van der Waals surface area contributed by atoms with E-state index in [0.717, 1.165) is 5.69 Å². The fourth-order valence-electron chi connectivity index (χ4n) is 4.24. The van der Waals surface area contributed by atoms with E-state index in [1.165, 1.54) is 55.7 Å². The van der Waals surface area contributed by atoms with E-state index in [9.17, 15) is 9.59 Å². The lowest BCUT2D eigenvalue weighted by molar-refractivity contribution is -0.119. The minimum absolute atomic E-state index is 0.113. The van der Waals surface area contributed by atoms with Crippen LogP contribution in [0.1, 0.15) is 61.6 Å². The molecule has 1 aromatic carbocycles. The van der Waals surface area contributed by atoms with Crippen molar-refractivity contribution in [2.75, 3.05) is 18.0 Å². The lowest BCUT2D eigenvalue weighted by Gasteiger charge is -2.26. The van der Waals surface area contributed by atoms with Crippen LogP contribution >= 0.6 is 37.2 Å². The lowest BCUT2D eigenvalue weighted by Crippen LogP contribution is -2.33. The van der Waals surface area contributed by atoms with Crippen LogP contribution in [0.25, 0.3) is 0 Å². The van der Waals surface area contributed by atoms with E-state index in [0.29, 0.717) is 19.0 Å². The van der Waals surface area contributed by atoms with Crippen LogP contribution in [0, 0.1) is 13.8 Å². The van der Waals surface area contributed by atoms with Crippen LogP contribution in [0.2, 0.25) is 0 Å². The second-order valence-electron chi connectivity index (χ2n) is 7.38. The average molecular weight is 598 g/mol. The van der Waals surface area contributed by atoms with Crippen LogP contribution in [0.5, 0.6) is 0 Å². The summed E-state index contributed by atoms with van der Waals surface area (Å²) >= 11 is 4.24. The summed E-state index contributed by atoms with van der Waals surface area (Å²) < 4.78 is 5.38. The van der Waals surface area contributed by atoms with Gasteiger partial charge in [-0.15, -0.1) is 0 Å². The second kappa shape index (κ2) is 10.8. The molecular formula is C20H28I2N2O3. The predicted octanol–water partition coefficient (Wildman–Crippen LogP) is 5.58. The van der Waals surface area contributed by atoms with Gasteiger partial charge in [-0.25, -0.2) is 4.79 Å². The molecule has 1 aliphatic heterocycles. The van der Waals surface area contributed by atoms with E-state index < -0.39 is 0 Å². The Kier molecular flexibility index (Phi) is 9.10. The summed E-state index contributed by atoms with van der Waals surface area (Å²) in [6, 6.07) is 4.22. The second-order valence-corrected chi connectivity index (χ2v) is 7.38. The summed E-state index contributed by atoms with van der Waals surface area (Å²) in [4.78, 5) is 25.0. The number of rotatable bonds is 4. The van der Waals surface area contributed by atoms with Crippen molar-refractivity contribution in [3.8, 4) is 0 Å². The normalized spacial score (nSPS) is 20.0. The van der Waals surface area contributed by atoms with E-state index in [2.05, 4.69) is 68.5 Å². The molecule has 2 fully saturated rings. The van der Waals surface area contributed by atoms with Crippen LogP contribution in [0.3, 0.4) is 0 Å². The number of nitrogens with one attached hydrogen (secondary N) is 1. The molecule has 0 radical (unpaired) electrons. The third-order valence-corrected chi connectivity index (χ3v) is 5.36. The number of aryl methyl sites for hydroxylation is 2. The molecule has 3 rings (SSSR count). The van der Waals surface area contributed by atoms with Crippen molar-refractivity contribution in [3.05, 3.63) is 28.8 Å². The largest absolute Gasteiger partial charge is 0.442 e. The van der Waals surface area contributed by atoms with Crippen molar-refractivity contribution in [2.24, 2.45) is 0 Å². The van der Waals surface area contributed by atoms with Gasteiger partial charge in [0.25, 0.3) is 0 Å². The van der Waals surface area contributed by atoms with Crippen LogP contribution < -0.4 is 10.2 Å². The van der Waals surface area contributed by atoms with Crippen molar-refractivity contribution in [3.63, 3.8) is 0 Å². The molecule has 2 amide bonds. The smallest absolute Gasteiger partial charge is 0.414 e. The average Bonchev–Trinajstić information content (AvgIpc) is 3.03. The molecular weight excluding hydrogens is 570 g/mol. The van der Waals surface area contributed by atoms with Crippen LogP contribution in [-0.2, 0) is 9.53 Å². The van der Waals surface area contributed by atoms with Gasteiger partial charge in [0.05, 0.1) is 13.1 Å². The van der Waals surface area contributed by atoms with Crippen LogP contribution in [0.15, 0.2) is 12.1 Å². The Labute approximate surface area is 185 Å². The summed E-state index contributed by atoms with van der Waals surface area (Å²) in [5.41, 5.74) is 4.88. The molecule has 0 spiro atoms. The number of benzene rings is 1. The maximum atomic E-state index is 12.2. The minimum atomic E-state index is -0.334. The minimum Gasteiger partial charge on any atom is -0.442 e. The zero-order valence-electron chi connectivity index (χ0n) is 16.2. The van der Waals surface area contributed by atoms with Crippen molar-refractivity contribution in [1.29, 1.82) is 0 Å². The summed E-state index contributed by atoms with van der Waals surface area (Å²) in [6.07, 6.45) is 5.89. The van der Waals surface area contributed by atoms with Crippen molar-refractivity contribution >= 4 is 54.9 Å². The maximum Gasteiger partial charge on any atom is 0.414 e. The van der Waals surface area contributed by atoms with E-state index in [4.69, 9.17) is 4.74 Å². The molecule has 1 atom stereocenters. The Balaban J connectivity index is 0.00000126. The molecule has 27 heavy (non-hydrogen) atoms. The van der Waals surface area contributed by atoms with Gasteiger partial charge < -0.3 is 10.1 Å². The maximum absolute atomic E-state index is 12.2. The lowest BCUT2D eigenvalue weighted by atomic mass is 9.80. The molecule has 7 heteroatoms. The fraction of sp³-hybridized carbons (Fsp3) is 0.600. The van der Waals surface area contributed by atoms with E-state index in [-0.39, 0.29) is 18.1 Å². The summed E-state index contributed by atoms with van der Waals surface area (Å²) in [5.74, 6) is 0.541. The van der Waals surface area contributed by atoms with Gasteiger partial charge in [-0.3, -0.25) is 9.69 Å². The zero-order valence-corrected chi connectivity index (χ0v) is 20.5. The predicted molar refractivity (Wildman–Crippen MR) is 126 cm³/mol. The number of hydrogen-bond donors (Lipinski definition) is 1. The number of anilines is 1. The highest BCUT2D eigenvalue weighted by Crippen LogP contribution is 2.38. The van der Waals surface area contributed by atoms with E-state index >= 15 is 0 Å². The molecule has 0 aromatic heterocycles. The van der Waals surface area contributed by atoms with Crippen molar-refractivity contribution in [1.82, 2.24) is 5.32 Å². The fourth-order valence-corrected chi connectivity index (χ4v) is 4.24. The molecule has 1 saturated carbocycles. The molecule has 1 aliphatic carbocycles. The van der Waals surface area contributed by atoms with Crippen LogP contribution in [0.4, 0.5) is 10.5 Å². The first-order valence-corrected chi connectivity index (χ1v) is 15.7. The van der Waals surface area contributed by atoms with E-state index in [1.807, 2.05) is 0 Å². The highest BCUT2D eigenvalue weighted by molar-refractivity contribution is 15.0. The first-order valence-electron chi connectivity index (χ1n) is 9.43. The number of halogens is 2. The number of carbonyl (C=O) groups excluding carboxylic acids is 2. The third kappa shape index (κ3) is 5.95. The summed E-state index contributed by atoms with van der Waals surface area (Å²) in [5, 5.41) is 2.71. The molecule has 1 heterocycles. The van der Waals surface area contributed by atoms with Crippen molar-refractivity contribution in [2.45, 2.75) is 64.9 Å². The number of cyclic esters (lactones) is 1. The molecule has 1 N–H and O–H groups in total. The number of carbonyl (C=O) groups is 2. The number of ether oxygens (including phenoxy) is 1.